The van der Waals surface area contributed by atoms with Gasteiger partial charge in [-0.15, -0.1) is 10.2 Å². The molecular formula is C17H21N5O. The molecule has 2 heterocycles. The zero-order valence-corrected chi connectivity index (χ0v) is 13.3. The van der Waals surface area contributed by atoms with Crippen LogP contribution in [0.15, 0.2) is 30.3 Å². The molecule has 0 bridgehead atoms. The van der Waals surface area contributed by atoms with Crippen LogP contribution in [0.25, 0.3) is 11.3 Å². The predicted molar refractivity (Wildman–Crippen MR) is 90.2 cm³/mol. The molecule has 2 aromatic rings. The standard InChI is InChI=1S/C17H21N5O/c1-21(2)16-11-8-22(9-12(11)16)14-7-13(19-20-17(14)18)10-5-3-4-6-15(10)23/h3-7,11-12,16,23H,8-9H2,1-2H3,(H2,18,20)/t11-,12+,16?. The second-order valence-corrected chi connectivity index (χ2v) is 6.70. The summed E-state index contributed by atoms with van der Waals surface area (Å²) in [4.78, 5) is 4.61. The van der Waals surface area contributed by atoms with Crippen LogP contribution in [0.2, 0.25) is 0 Å². The molecule has 6 nitrogen and oxygen atoms in total. The van der Waals surface area contributed by atoms with E-state index in [1.807, 2.05) is 18.2 Å². The highest BCUT2D eigenvalue weighted by Crippen LogP contribution is 2.49. The van der Waals surface area contributed by atoms with Gasteiger partial charge < -0.3 is 20.6 Å². The van der Waals surface area contributed by atoms with Crippen molar-refractivity contribution in [1.82, 2.24) is 15.1 Å². The van der Waals surface area contributed by atoms with Gasteiger partial charge in [0.1, 0.15) is 5.75 Å². The van der Waals surface area contributed by atoms with Crippen molar-refractivity contribution in [3.8, 4) is 17.0 Å². The summed E-state index contributed by atoms with van der Waals surface area (Å²) in [6.07, 6.45) is 0. The van der Waals surface area contributed by atoms with Gasteiger partial charge in [-0.2, -0.15) is 0 Å². The Morgan fingerprint density at radius 2 is 1.87 bits per heavy atom. The van der Waals surface area contributed by atoms with Crippen molar-refractivity contribution in [3.63, 3.8) is 0 Å². The molecule has 1 saturated heterocycles. The number of nitrogen functional groups attached to an aromatic ring is 1. The molecule has 0 amide bonds. The third-order valence-corrected chi connectivity index (χ3v) is 5.07. The Kier molecular flexibility index (Phi) is 3.16. The molecule has 0 radical (unpaired) electrons. The van der Waals surface area contributed by atoms with Crippen LogP contribution in [-0.4, -0.2) is 53.4 Å². The number of para-hydroxylation sites is 1. The van der Waals surface area contributed by atoms with Crippen LogP contribution in [0.3, 0.4) is 0 Å². The zero-order valence-electron chi connectivity index (χ0n) is 13.3. The first kappa shape index (κ1) is 14.3. The Labute approximate surface area is 135 Å². The van der Waals surface area contributed by atoms with Gasteiger partial charge in [0.05, 0.1) is 11.4 Å². The molecule has 3 N–H and O–H groups in total. The number of nitrogens with two attached hydrogens (primary N) is 1. The van der Waals surface area contributed by atoms with Crippen LogP contribution >= 0.6 is 0 Å². The van der Waals surface area contributed by atoms with Crippen molar-refractivity contribution < 1.29 is 5.11 Å². The smallest absolute Gasteiger partial charge is 0.169 e. The SMILES string of the molecule is CN(C)C1[C@H]2CN(c3cc(-c4ccccc4O)nnc3N)C[C@@H]12. The highest BCUT2D eigenvalue weighted by molar-refractivity contribution is 5.74. The monoisotopic (exact) mass is 311 g/mol. The number of aromatic nitrogens is 2. The molecule has 2 fully saturated rings. The molecule has 1 aliphatic carbocycles. The van der Waals surface area contributed by atoms with Gasteiger partial charge in [-0.05, 0) is 44.1 Å². The topological polar surface area (TPSA) is 78.5 Å². The van der Waals surface area contributed by atoms with Gasteiger partial charge in [-0.25, -0.2) is 0 Å². The van der Waals surface area contributed by atoms with E-state index in [0.29, 0.717) is 35.0 Å². The van der Waals surface area contributed by atoms with E-state index in [1.165, 1.54) is 0 Å². The molecule has 1 aliphatic heterocycles. The van der Waals surface area contributed by atoms with Gasteiger partial charge in [-0.3, -0.25) is 0 Å². The molecule has 1 aromatic carbocycles. The normalized spacial score (nSPS) is 25.7. The molecular weight excluding hydrogens is 290 g/mol. The molecule has 23 heavy (non-hydrogen) atoms. The van der Waals surface area contributed by atoms with E-state index >= 15 is 0 Å². The van der Waals surface area contributed by atoms with E-state index in [2.05, 4.69) is 34.1 Å². The number of aromatic hydroxyl groups is 1. The Hall–Kier alpha value is -2.34. The summed E-state index contributed by atoms with van der Waals surface area (Å²) < 4.78 is 0. The van der Waals surface area contributed by atoms with Gasteiger partial charge in [0.25, 0.3) is 0 Å². The summed E-state index contributed by atoms with van der Waals surface area (Å²) in [5.41, 5.74) is 8.30. The van der Waals surface area contributed by atoms with Crippen molar-refractivity contribution in [2.75, 3.05) is 37.8 Å². The largest absolute Gasteiger partial charge is 0.507 e. The Morgan fingerprint density at radius 3 is 2.52 bits per heavy atom. The van der Waals surface area contributed by atoms with E-state index in [4.69, 9.17) is 5.73 Å². The third-order valence-electron chi connectivity index (χ3n) is 5.07. The lowest BCUT2D eigenvalue weighted by molar-refractivity contribution is 0.357. The number of fused-ring (bicyclic) bond motifs is 1. The summed E-state index contributed by atoms with van der Waals surface area (Å²) in [5, 5.41) is 18.3. The Morgan fingerprint density at radius 1 is 1.17 bits per heavy atom. The third kappa shape index (κ3) is 2.30. The number of phenolic OH excluding ortho intramolecular Hbond substituents is 1. The van der Waals surface area contributed by atoms with Crippen molar-refractivity contribution in [2.24, 2.45) is 11.8 Å². The fourth-order valence-electron chi connectivity index (χ4n) is 3.92. The minimum atomic E-state index is 0.203. The molecule has 3 atom stereocenters. The van der Waals surface area contributed by atoms with Crippen LogP contribution in [-0.2, 0) is 0 Å². The predicted octanol–water partition coefficient (Wildman–Crippen LogP) is 1.43. The summed E-state index contributed by atoms with van der Waals surface area (Å²) >= 11 is 0. The summed E-state index contributed by atoms with van der Waals surface area (Å²) in [5.74, 6) is 2.08. The van der Waals surface area contributed by atoms with Crippen LogP contribution in [0.1, 0.15) is 0 Å². The van der Waals surface area contributed by atoms with E-state index in [0.717, 1.165) is 18.8 Å². The van der Waals surface area contributed by atoms with Crippen molar-refractivity contribution in [3.05, 3.63) is 30.3 Å². The maximum atomic E-state index is 10.0. The minimum Gasteiger partial charge on any atom is -0.507 e. The van der Waals surface area contributed by atoms with Crippen molar-refractivity contribution >= 4 is 11.5 Å². The number of nitrogens with zero attached hydrogens (tertiary/aromatic N) is 4. The first-order chi connectivity index (χ1) is 11.1. The van der Waals surface area contributed by atoms with E-state index in [1.54, 1.807) is 12.1 Å². The lowest BCUT2D eigenvalue weighted by Crippen LogP contribution is -2.31. The zero-order chi connectivity index (χ0) is 16.1. The maximum absolute atomic E-state index is 10.0. The number of hydrogen-bond acceptors (Lipinski definition) is 6. The van der Waals surface area contributed by atoms with Crippen LogP contribution < -0.4 is 10.6 Å². The maximum Gasteiger partial charge on any atom is 0.169 e. The summed E-state index contributed by atoms with van der Waals surface area (Å²) in [7, 11) is 4.29. The van der Waals surface area contributed by atoms with E-state index in [-0.39, 0.29) is 5.75 Å². The van der Waals surface area contributed by atoms with Crippen LogP contribution in [0, 0.1) is 11.8 Å². The van der Waals surface area contributed by atoms with Crippen LogP contribution in [0.5, 0.6) is 5.75 Å². The molecule has 1 saturated carbocycles. The second kappa shape index (κ2) is 5.09. The van der Waals surface area contributed by atoms with Crippen LogP contribution in [0.4, 0.5) is 11.5 Å². The fourth-order valence-corrected chi connectivity index (χ4v) is 3.92. The highest BCUT2D eigenvalue weighted by Gasteiger charge is 2.57. The molecule has 6 heteroatoms. The quantitative estimate of drug-likeness (QED) is 0.893. The van der Waals surface area contributed by atoms with Gasteiger partial charge in [0.2, 0.25) is 0 Å². The Bertz CT molecular complexity index is 736. The lowest BCUT2D eigenvalue weighted by atomic mass is 10.1. The molecule has 4 rings (SSSR count). The average Bonchev–Trinajstić information content (AvgIpc) is 3.05. The number of phenols is 1. The number of anilines is 2. The molecule has 0 spiro atoms. The number of benzene rings is 1. The van der Waals surface area contributed by atoms with Crippen molar-refractivity contribution in [1.29, 1.82) is 0 Å². The number of hydrogen-bond donors (Lipinski definition) is 2. The summed E-state index contributed by atoms with van der Waals surface area (Å²) in [6, 6.07) is 9.79. The van der Waals surface area contributed by atoms with Gasteiger partial charge in [0.15, 0.2) is 5.82 Å². The summed E-state index contributed by atoms with van der Waals surface area (Å²) in [6.45, 7) is 2.01. The second-order valence-electron chi connectivity index (χ2n) is 6.70. The first-order valence-corrected chi connectivity index (χ1v) is 7.89. The highest BCUT2D eigenvalue weighted by atomic mass is 16.3. The lowest BCUT2D eigenvalue weighted by Gasteiger charge is -2.25. The van der Waals surface area contributed by atoms with Gasteiger partial charge in [0, 0.05) is 24.7 Å². The number of rotatable bonds is 3. The van der Waals surface area contributed by atoms with Gasteiger partial charge in [-0.1, -0.05) is 12.1 Å². The molecule has 2 aliphatic rings. The van der Waals surface area contributed by atoms with E-state index < -0.39 is 0 Å². The molecule has 120 valence electrons. The molecule has 1 unspecified atom stereocenters. The number of piperidine rings is 1. The Balaban J connectivity index is 1.61. The fraction of sp³-hybridized carbons (Fsp3) is 0.412. The minimum absolute atomic E-state index is 0.203. The average molecular weight is 311 g/mol. The first-order valence-electron chi connectivity index (χ1n) is 7.89. The van der Waals surface area contributed by atoms with Gasteiger partial charge >= 0.3 is 0 Å². The van der Waals surface area contributed by atoms with Crippen molar-refractivity contribution in [2.45, 2.75) is 6.04 Å². The molecule has 1 aromatic heterocycles. The van der Waals surface area contributed by atoms with E-state index in [9.17, 15) is 5.11 Å².